The molecule has 0 aliphatic carbocycles. The summed E-state index contributed by atoms with van der Waals surface area (Å²) in [6, 6.07) is 0. The molecule has 0 atom stereocenters. The van der Waals surface area contributed by atoms with Crippen LogP contribution in [0.4, 0.5) is 13.2 Å². The Hall–Kier alpha value is -0.290. The maximum absolute atomic E-state index is 11.9. The molecule has 0 amide bonds. The lowest BCUT2D eigenvalue weighted by atomic mass is 9.94. The van der Waals surface area contributed by atoms with E-state index in [4.69, 9.17) is 4.74 Å². The summed E-state index contributed by atoms with van der Waals surface area (Å²) in [7, 11) is 0. The summed E-state index contributed by atoms with van der Waals surface area (Å²) in [5, 5.41) is 3.28. The van der Waals surface area contributed by atoms with Gasteiger partial charge in [-0.2, -0.15) is 13.2 Å². The van der Waals surface area contributed by atoms with Crippen molar-refractivity contribution >= 4 is 0 Å². The molecule has 0 saturated heterocycles. The van der Waals surface area contributed by atoms with Crippen molar-refractivity contribution in [3.8, 4) is 0 Å². The monoisotopic (exact) mass is 255 g/mol. The molecule has 17 heavy (non-hydrogen) atoms. The van der Waals surface area contributed by atoms with Gasteiger partial charge in [0, 0.05) is 12.0 Å². The van der Waals surface area contributed by atoms with Gasteiger partial charge in [0.1, 0.15) is 0 Å². The Kier molecular flexibility index (Phi) is 7.09. The van der Waals surface area contributed by atoms with Crippen LogP contribution in [-0.4, -0.2) is 32.5 Å². The fraction of sp³-hybridized carbons (Fsp3) is 1.00. The normalized spacial score (nSPS) is 13.4. The van der Waals surface area contributed by atoms with E-state index in [1.807, 2.05) is 13.8 Å². The van der Waals surface area contributed by atoms with Crippen molar-refractivity contribution in [2.24, 2.45) is 11.3 Å². The lowest BCUT2D eigenvalue weighted by molar-refractivity contribution is -0.147. The van der Waals surface area contributed by atoms with Gasteiger partial charge in [0.05, 0.1) is 19.6 Å². The van der Waals surface area contributed by atoms with Gasteiger partial charge in [-0.3, -0.25) is 0 Å². The molecule has 0 heterocycles. The zero-order valence-electron chi connectivity index (χ0n) is 11.2. The molecule has 0 bridgehead atoms. The van der Waals surface area contributed by atoms with Crippen LogP contribution in [0.25, 0.3) is 0 Å². The summed E-state index contributed by atoms with van der Waals surface area (Å²) < 4.78 is 40.7. The van der Waals surface area contributed by atoms with Crippen molar-refractivity contribution in [2.45, 2.75) is 40.3 Å². The molecule has 0 unspecified atom stereocenters. The van der Waals surface area contributed by atoms with E-state index in [1.54, 1.807) is 0 Å². The largest absolute Gasteiger partial charge is 0.391 e. The predicted molar refractivity (Wildman–Crippen MR) is 63.0 cm³/mol. The highest BCUT2D eigenvalue weighted by molar-refractivity contribution is 4.71. The van der Waals surface area contributed by atoms with Crippen LogP contribution >= 0.6 is 0 Å². The molecule has 0 aromatic heterocycles. The van der Waals surface area contributed by atoms with Gasteiger partial charge < -0.3 is 10.1 Å². The van der Waals surface area contributed by atoms with E-state index in [1.165, 1.54) is 0 Å². The quantitative estimate of drug-likeness (QED) is 0.672. The minimum Gasteiger partial charge on any atom is -0.380 e. The van der Waals surface area contributed by atoms with Crippen LogP contribution in [0.2, 0.25) is 0 Å². The first-order chi connectivity index (χ1) is 7.62. The molecule has 0 aromatic rings. The van der Waals surface area contributed by atoms with Gasteiger partial charge in [0.25, 0.3) is 0 Å². The Morgan fingerprint density at radius 1 is 1.18 bits per heavy atom. The summed E-state index contributed by atoms with van der Waals surface area (Å²) in [6.07, 6.45) is -5.00. The number of hydrogen-bond acceptors (Lipinski definition) is 2. The van der Waals surface area contributed by atoms with Crippen LogP contribution < -0.4 is 5.32 Å². The summed E-state index contributed by atoms with van der Waals surface area (Å²) >= 11 is 0. The molecular weight excluding hydrogens is 231 g/mol. The van der Waals surface area contributed by atoms with E-state index in [-0.39, 0.29) is 12.0 Å². The zero-order chi connectivity index (χ0) is 13.5. The second-order valence-electron chi connectivity index (χ2n) is 5.61. The van der Waals surface area contributed by atoms with Gasteiger partial charge in [-0.05, 0) is 12.5 Å². The van der Waals surface area contributed by atoms with Crippen LogP contribution in [0.5, 0.6) is 0 Å². The lowest BCUT2D eigenvalue weighted by Crippen LogP contribution is -2.35. The van der Waals surface area contributed by atoms with Gasteiger partial charge in [-0.1, -0.05) is 27.7 Å². The molecule has 1 N–H and O–H groups in total. The number of nitrogens with one attached hydrogen (secondary N) is 1. The number of halogens is 3. The summed E-state index contributed by atoms with van der Waals surface area (Å²) in [5.41, 5.74) is -0.138. The Morgan fingerprint density at radius 2 is 1.76 bits per heavy atom. The van der Waals surface area contributed by atoms with Gasteiger partial charge in [-0.25, -0.2) is 0 Å². The van der Waals surface area contributed by atoms with Gasteiger partial charge in [-0.15, -0.1) is 0 Å². The summed E-state index contributed by atoms with van der Waals surface area (Å²) in [4.78, 5) is 0. The minimum absolute atomic E-state index is 0.138. The van der Waals surface area contributed by atoms with E-state index >= 15 is 0 Å². The Labute approximate surface area is 102 Å². The van der Waals surface area contributed by atoms with Crippen molar-refractivity contribution in [1.29, 1.82) is 0 Å². The van der Waals surface area contributed by atoms with Gasteiger partial charge >= 0.3 is 6.18 Å². The summed E-state index contributed by atoms with van der Waals surface area (Å²) in [5.74, 6) is 0.567. The molecule has 104 valence electrons. The van der Waals surface area contributed by atoms with Crippen LogP contribution in [0.15, 0.2) is 0 Å². The molecule has 0 spiro atoms. The van der Waals surface area contributed by atoms with Crippen LogP contribution in [0, 0.1) is 11.3 Å². The molecule has 0 radical (unpaired) electrons. The molecule has 0 aromatic carbocycles. The van der Waals surface area contributed by atoms with Crippen LogP contribution in [0.1, 0.15) is 34.1 Å². The highest BCUT2D eigenvalue weighted by Crippen LogP contribution is 2.20. The Balaban J connectivity index is 3.63. The van der Waals surface area contributed by atoms with E-state index < -0.39 is 12.6 Å². The SMILES string of the molecule is CC(C)CNCC(C)(C)COCCC(F)(F)F. The second kappa shape index (κ2) is 7.21. The fourth-order valence-electron chi connectivity index (χ4n) is 1.29. The predicted octanol–water partition coefficient (Wildman–Crippen LogP) is 3.23. The molecule has 0 saturated carbocycles. The smallest absolute Gasteiger partial charge is 0.380 e. The van der Waals surface area contributed by atoms with Crippen molar-refractivity contribution in [3.05, 3.63) is 0 Å². The number of hydrogen-bond donors (Lipinski definition) is 1. The third-order valence-electron chi connectivity index (χ3n) is 2.18. The van der Waals surface area contributed by atoms with Crippen molar-refractivity contribution in [1.82, 2.24) is 5.32 Å². The van der Waals surface area contributed by atoms with Crippen molar-refractivity contribution in [2.75, 3.05) is 26.3 Å². The maximum atomic E-state index is 11.9. The van der Waals surface area contributed by atoms with Crippen molar-refractivity contribution < 1.29 is 17.9 Å². The zero-order valence-corrected chi connectivity index (χ0v) is 11.2. The average molecular weight is 255 g/mol. The first-order valence-electron chi connectivity index (χ1n) is 5.98. The third-order valence-corrected chi connectivity index (χ3v) is 2.18. The first kappa shape index (κ1) is 16.7. The first-order valence-corrected chi connectivity index (χ1v) is 5.98. The topological polar surface area (TPSA) is 21.3 Å². The fourth-order valence-corrected chi connectivity index (χ4v) is 1.29. The number of ether oxygens (including phenoxy) is 1. The lowest BCUT2D eigenvalue weighted by Gasteiger charge is -2.25. The Bertz CT molecular complexity index is 202. The molecule has 0 rings (SSSR count). The van der Waals surface area contributed by atoms with E-state index in [2.05, 4.69) is 19.2 Å². The standard InChI is InChI=1S/C12H24F3NO/c1-10(2)7-16-8-11(3,4)9-17-6-5-12(13,14)15/h10,16H,5-9H2,1-4H3. The molecule has 0 aliphatic rings. The molecule has 0 fully saturated rings. The maximum Gasteiger partial charge on any atom is 0.391 e. The highest BCUT2D eigenvalue weighted by Gasteiger charge is 2.27. The average Bonchev–Trinajstić information content (AvgIpc) is 2.10. The van der Waals surface area contributed by atoms with Crippen LogP contribution in [0.3, 0.4) is 0 Å². The highest BCUT2D eigenvalue weighted by atomic mass is 19.4. The van der Waals surface area contributed by atoms with Gasteiger partial charge in [0.2, 0.25) is 0 Å². The van der Waals surface area contributed by atoms with E-state index in [0.717, 1.165) is 13.1 Å². The van der Waals surface area contributed by atoms with E-state index in [9.17, 15) is 13.2 Å². The van der Waals surface area contributed by atoms with Crippen molar-refractivity contribution in [3.63, 3.8) is 0 Å². The number of alkyl halides is 3. The molecule has 0 aliphatic heterocycles. The van der Waals surface area contributed by atoms with E-state index in [0.29, 0.717) is 12.5 Å². The van der Waals surface area contributed by atoms with Crippen LogP contribution in [-0.2, 0) is 4.74 Å². The summed E-state index contributed by atoms with van der Waals surface area (Å²) in [6.45, 7) is 9.93. The Morgan fingerprint density at radius 3 is 2.24 bits per heavy atom. The molecular formula is C12H24F3NO. The second-order valence-corrected chi connectivity index (χ2v) is 5.61. The molecule has 2 nitrogen and oxygen atoms in total. The van der Waals surface area contributed by atoms with Gasteiger partial charge in [0.15, 0.2) is 0 Å². The molecule has 5 heteroatoms. The number of rotatable bonds is 8. The third kappa shape index (κ3) is 12.0. The minimum atomic E-state index is -4.12.